The summed E-state index contributed by atoms with van der Waals surface area (Å²) in [5.74, 6) is -0.552. The van der Waals surface area contributed by atoms with Crippen molar-refractivity contribution in [2.24, 2.45) is 0 Å². The van der Waals surface area contributed by atoms with Gasteiger partial charge in [-0.2, -0.15) is 0 Å². The van der Waals surface area contributed by atoms with Gasteiger partial charge in [0, 0.05) is 38.5 Å². The number of hydrogen-bond donors (Lipinski definition) is 1. The number of likely N-dealkylation sites (tertiary alicyclic amines) is 1. The molecule has 6 heteroatoms. The standard InChI is InChI=1S/C21H22FN3O2/c1-14-4-3-5-15(12-14)20(27)25-10-8-21(9-11-25)23-19(26)17-7-6-16(22)13-18(17)24(21)2/h3-7,12-13H,8-11H2,1-2H3,(H,23,26). The Labute approximate surface area is 157 Å². The normalized spacial score (nSPS) is 18.3. The van der Waals surface area contributed by atoms with Crippen molar-refractivity contribution in [3.63, 3.8) is 0 Å². The van der Waals surface area contributed by atoms with Gasteiger partial charge in [0.1, 0.15) is 11.5 Å². The summed E-state index contributed by atoms with van der Waals surface area (Å²) in [5.41, 5.74) is 2.20. The third-order valence-electron chi connectivity index (χ3n) is 5.70. The largest absolute Gasteiger partial charge is 0.351 e. The number of fused-ring (bicyclic) bond motifs is 1. The maximum Gasteiger partial charge on any atom is 0.255 e. The highest BCUT2D eigenvalue weighted by molar-refractivity contribution is 6.02. The molecule has 0 unspecified atom stereocenters. The molecule has 2 amide bonds. The molecular weight excluding hydrogens is 345 g/mol. The van der Waals surface area contributed by atoms with Crippen molar-refractivity contribution in [2.75, 3.05) is 25.0 Å². The molecule has 0 atom stereocenters. The van der Waals surface area contributed by atoms with Gasteiger partial charge in [0.15, 0.2) is 0 Å². The average Bonchev–Trinajstić information content (AvgIpc) is 2.66. The third-order valence-corrected chi connectivity index (χ3v) is 5.70. The van der Waals surface area contributed by atoms with Gasteiger partial charge in [0.2, 0.25) is 0 Å². The molecule has 2 aromatic rings. The van der Waals surface area contributed by atoms with E-state index in [2.05, 4.69) is 5.32 Å². The van der Waals surface area contributed by atoms with Crippen molar-refractivity contribution in [1.29, 1.82) is 0 Å². The number of anilines is 1. The van der Waals surface area contributed by atoms with E-state index < -0.39 is 5.66 Å². The Morgan fingerprint density at radius 3 is 2.59 bits per heavy atom. The van der Waals surface area contributed by atoms with Gasteiger partial charge in [0.25, 0.3) is 11.8 Å². The maximum atomic E-state index is 13.7. The number of nitrogens with one attached hydrogen (secondary N) is 1. The van der Waals surface area contributed by atoms with E-state index in [9.17, 15) is 14.0 Å². The van der Waals surface area contributed by atoms with Crippen LogP contribution in [0.15, 0.2) is 42.5 Å². The highest BCUT2D eigenvalue weighted by atomic mass is 19.1. The van der Waals surface area contributed by atoms with Crippen molar-refractivity contribution < 1.29 is 14.0 Å². The third kappa shape index (κ3) is 2.95. The van der Waals surface area contributed by atoms with E-state index in [0.29, 0.717) is 42.7 Å². The number of amides is 2. The molecule has 2 heterocycles. The first kappa shape index (κ1) is 17.5. The second-order valence-corrected chi connectivity index (χ2v) is 7.37. The van der Waals surface area contributed by atoms with Crippen LogP contribution in [0.25, 0.3) is 0 Å². The Bertz CT molecular complexity index is 919. The molecule has 0 aromatic heterocycles. The lowest BCUT2D eigenvalue weighted by molar-refractivity contribution is 0.0609. The summed E-state index contributed by atoms with van der Waals surface area (Å²) in [7, 11) is 1.87. The van der Waals surface area contributed by atoms with E-state index >= 15 is 0 Å². The number of nitrogens with zero attached hydrogens (tertiary/aromatic N) is 2. The minimum Gasteiger partial charge on any atom is -0.351 e. The molecule has 2 aliphatic heterocycles. The van der Waals surface area contributed by atoms with Gasteiger partial charge in [0.05, 0.1) is 11.3 Å². The van der Waals surface area contributed by atoms with E-state index in [4.69, 9.17) is 0 Å². The summed E-state index contributed by atoms with van der Waals surface area (Å²) in [6, 6.07) is 11.8. The lowest BCUT2D eigenvalue weighted by atomic mass is 9.90. The molecule has 4 rings (SSSR count). The van der Waals surface area contributed by atoms with Crippen molar-refractivity contribution >= 4 is 17.5 Å². The zero-order chi connectivity index (χ0) is 19.2. The Balaban J connectivity index is 1.55. The summed E-state index contributed by atoms with van der Waals surface area (Å²) in [5, 5.41) is 3.09. The topological polar surface area (TPSA) is 52.7 Å². The highest BCUT2D eigenvalue weighted by Crippen LogP contribution is 2.36. The summed E-state index contributed by atoms with van der Waals surface area (Å²) in [6.45, 7) is 3.02. The zero-order valence-electron chi connectivity index (χ0n) is 15.5. The number of rotatable bonds is 1. The van der Waals surface area contributed by atoms with E-state index in [1.165, 1.54) is 18.2 Å². The predicted octanol–water partition coefficient (Wildman–Crippen LogP) is 2.95. The van der Waals surface area contributed by atoms with Gasteiger partial charge < -0.3 is 15.1 Å². The van der Waals surface area contributed by atoms with Crippen molar-refractivity contribution in [3.05, 3.63) is 65.0 Å². The molecule has 2 aliphatic rings. The van der Waals surface area contributed by atoms with Crippen molar-refractivity contribution in [2.45, 2.75) is 25.4 Å². The van der Waals surface area contributed by atoms with Crippen LogP contribution in [0.4, 0.5) is 10.1 Å². The molecule has 27 heavy (non-hydrogen) atoms. The lowest BCUT2D eigenvalue weighted by Crippen LogP contribution is -2.67. The predicted molar refractivity (Wildman–Crippen MR) is 101 cm³/mol. The van der Waals surface area contributed by atoms with Gasteiger partial charge in [-0.25, -0.2) is 4.39 Å². The molecule has 0 saturated carbocycles. The van der Waals surface area contributed by atoms with Crippen LogP contribution in [0, 0.1) is 12.7 Å². The summed E-state index contributed by atoms with van der Waals surface area (Å²) in [4.78, 5) is 29.1. The van der Waals surface area contributed by atoms with E-state index in [-0.39, 0.29) is 17.6 Å². The molecule has 1 saturated heterocycles. The van der Waals surface area contributed by atoms with E-state index in [1.807, 2.05) is 48.0 Å². The molecular formula is C21H22FN3O2. The first-order valence-electron chi connectivity index (χ1n) is 9.11. The second kappa shape index (κ2) is 6.37. The fraction of sp³-hybridized carbons (Fsp3) is 0.333. The second-order valence-electron chi connectivity index (χ2n) is 7.37. The highest BCUT2D eigenvalue weighted by Gasteiger charge is 2.45. The smallest absolute Gasteiger partial charge is 0.255 e. The number of piperidine rings is 1. The molecule has 1 spiro atoms. The summed E-state index contributed by atoms with van der Waals surface area (Å²) in [6.07, 6.45) is 1.17. The van der Waals surface area contributed by atoms with Gasteiger partial charge in [-0.15, -0.1) is 0 Å². The molecule has 1 N–H and O–H groups in total. The first-order valence-corrected chi connectivity index (χ1v) is 9.11. The lowest BCUT2D eigenvalue weighted by Gasteiger charge is -2.51. The van der Waals surface area contributed by atoms with E-state index in [1.54, 1.807) is 0 Å². The SMILES string of the molecule is Cc1cccc(C(=O)N2CCC3(CC2)NC(=O)c2ccc(F)cc2N3C)c1. The molecule has 0 bridgehead atoms. The van der Waals surface area contributed by atoms with Gasteiger partial charge >= 0.3 is 0 Å². The Morgan fingerprint density at radius 2 is 1.89 bits per heavy atom. The number of carbonyl (C=O) groups is 2. The van der Waals surface area contributed by atoms with Crippen LogP contribution < -0.4 is 10.2 Å². The van der Waals surface area contributed by atoms with Crippen LogP contribution in [0.2, 0.25) is 0 Å². The Morgan fingerprint density at radius 1 is 1.15 bits per heavy atom. The zero-order valence-corrected chi connectivity index (χ0v) is 15.5. The number of aryl methyl sites for hydroxylation is 1. The minimum atomic E-state index is -0.596. The van der Waals surface area contributed by atoms with Crippen molar-refractivity contribution in [1.82, 2.24) is 10.2 Å². The molecule has 5 nitrogen and oxygen atoms in total. The van der Waals surface area contributed by atoms with Crippen molar-refractivity contribution in [3.8, 4) is 0 Å². The van der Waals surface area contributed by atoms with Crippen LogP contribution in [0.3, 0.4) is 0 Å². The van der Waals surface area contributed by atoms with Gasteiger partial charge in [-0.1, -0.05) is 17.7 Å². The Kier molecular flexibility index (Phi) is 4.13. The number of hydrogen-bond acceptors (Lipinski definition) is 3. The fourth-order valence-corrected chi connectivity index (χ4v) is 4.07. The quantitative estimate of drug-likeness (QED) is 0.843. The summed E-state index contributed by atoms with van der Waals surface area (Å²) < 4.78 is 13.7. The molecule has 2 aromatic carbocycles. The molecule has 140 valence electrons. The molecule has 0 aliphatic carbocycles. The van der Waals surface area contributed by atoms with Crippen LogP contribution in [0.1, 0.15) is 39.1 Å². The number of carbonyl (C=O) groups excluding carboxylic acids is 2. The average molecular weight is 367 g/mol. The minimum absolute atomic E-state index is 0.00443. The first-order chi connectivity index (χ1) is 12.9. The number of halogens is 1. The molecule has 0 radical (unpaired) electrons. The summed E-state index contributed by atoms with van der Waals surface area (Å²) >= 11 is 0. The monoisotopic (exact) mass is 367 g/mol. The Hall–Kier alpha value is -2.89. The molecule has 1 fully saturated rings. The number of benzene rings is 2. The van der Waals surface area contributed by atoms with Crippen LogP contribution in [-0.2, 0) is 0 Å². The fourth-order valence-electron chi connectivity index (χ4n) is 4.07. The van der Waals surface area contributed by atoms with Crippen LogP contribution in [-0.4, -0.2) is 42.5 Å². The van der Waals surface area contributed by atoms with Gasteiger partial charge in [-0.3, -0.25) is 9.59 Å². The van der Waals surface area contributed by atoms with E-state index in [0.717, 1.165) is 5.56 Å². The maximum absolute atomic E-state index is 13.7. The van der Waals surface area contributed by atoms with Gasteiger partial charge in [-0.05, 0) is 37.3 Å². The van der Waals surface area contributed by atoms with Crippen LogP contribution in [0.5, 0.6) is 0 Å². The van der Waals surface area contributed by atoms with Crippen LogP contribution >= 0.6 is 0 Å².